The molecule has 0 aliphatic carbocycles. The Hall–Kier alpha value is -1.62. The molecule has 8 heteroatoms. The third-order valence-electron chi connectivity index (χ3n) is 3.82. The Morgan fingerprint density at radius 3 is 1.54 bits per heavy atom. The number of hydrogen-bond acceptors (Lipinski definition) is 3. The van der Waals surface area contributed by atoms with Gasteiger partial charge in [0.1, 0.15) is 0 Å². The second kappa shape index (κ2) is 7.55. The zero-order valence-corrected chi connectivity index (χ0v) is 16.7. The molecule has 0 atom stereocenters. The van der Waals surface area contributed by atoms with Crippen LogP contribution >= 0.6 is 29.9 Å². The molecule has 0 spiro atoms. The molecular formula is C18H15Cl2O4PS. The molecule has 3 rings (SSSR count). The van der Waals surface area contributed by atoms with Gasteiger partial charge in [0.25, 0.3) is 0 Å². The van der Waals surface area contributed by atoms with Crippen molar-refractivity contribution >= 4 is 50.2 Å². The van der Waals surface area contributed by atoms with E-state index in [1.807, 2.05) is 0 Å². The maximum absolute atomic E-state index is 12.7. The molecule has 0 unspecified atom stereocenters. The van der Waals surface area contributed by atoms with E-state index < -0.39 is 16.4 Å². The van der Waals surface area contributed by atoms with Crippen LogP contribution in [0.15, 0.2) is 78.9 Å². The van der Waals surface area contributed by atoms with E-state index in [0.717, 1.165) is 0 Å². The van der Waals surface area contributed by atoms with Gasteiger partial charge in [-0.1, -0.05) is 0 Å². The van der Waals surface area contributed by atoms with Crippen molar-refractivity contribution < 1.29 is 17.5 Å². The van der Waals surface area contributed by atoms with E-state index >= 15 is 0 Å². The molecule has 0 amide bonds. The van der Waals surface area contributed by atoms with E-state index in [1.165, 1.54) is 0 Å². The first kappa shape index (κ1) is 19.2. The summed E-state index contributed by atoms with van der Waals surface area (Å²) in [7, 11) is -4.63. The van der Waals surface area contributed by atoms with Crippen molar-refractivity contribution in [3.8, 4) is 5.75 Å². The molecule has 0 aromatic heterocycles. The zero-order valence-electron chi connectivity index (χ0n) is 13.3. The molecule has 0 radical (unpaired) electrons. The fraction of sp³-hybridized carbons (Fsp3) is 0. The first-order valence-corrected chi connectivity index (χ1v) is 12.4. The minimum atomic E-state index is -4.63. The van der Waals surface area contributed by atoms with Gasteiger partial charge in [-0.05, 0) is 0 Å². The van der Waals surface area contributed by atoms with Crippen molar-refractivity contribution in [2.45, 2.75) is 0 Å². The van der Waals surface area contributed by atoms with E-state index in [1.54, 1.807) is 78.9 Å². The summed E-state index contributed by atoms with van der Waals surface area (Å²) in [4.78, 5) is 0. The number of halogens is 2. The summed E-state index contributed by atoms with van der Waals surface area (Å²) in [6, 6.07) is 21.0. The number of para-hydroxylation sites is 1. The van der Waals surface area contributed by atoms with Gasteiger partial charge >= 0.3 is 162 Å². The van der Waals surface area contributed by atoms with Crippen LogP contribution in [0, 0.1) is 0 Å². The van der Waals surface area contributed by atoms with Gasteiger partial charge in [0, 0.05) is 0 Å². The van der Waals surface area contributed by atoms with E-state index in [-0.39, 0.29) is 0 Å². The first-order valence-electron chi connectivity index (χ1n) is 7.56. The van der Waals surface area contributed by atoms with Crippen LogP contribution in [-0.2, 0) is 9.74 Å². The van der Waals surface area contributed by atoms with Gasteiger partial charge in [-0.2, -0.15) is 0 Å². The molecule has 0 aliphatic heterocycles. The molecule has 26 heavy (non-hydrogen) atoms. The monoisotopic (exact) mass is 428 g/mol. The van der Waals surface area contributed by atoms with E-state index in [2.05, 4.69) is 0 Å². The van der Waals surface area contributed by atoms with Gasteiger partial charge in [0.15, 0.2) is 0 Å². The van der Waals surface area contributed by atoms with Crippen LogP contribution in [0.3, 0.4) is 0 Å². The quantitative estimate of drug-likeness (QED) is 0.480. The molecule has 0 fully saturated rings. The topological polar surface area (TPSA) is 63.6 Å². The predicted molar refractivity (Wildman–Crippen MR) is 109 cm³/mol. The van der Waals surface area contributed by atoms with Gasteiger partial charge in [-0.15, -0.1) is 0 Å². The average Bonchev–Trinajstić information content (AvgIpc) is 2.61. The van der Waals surface area contributed by atoms with Crippen molar-refractivity contribution in [2.75, 3.05) is 0 Å². The van der Waals surface area contributed by atoms with Crippen LogP contribution in [-0.4, -0.2) is 13.0 Å². The summed E-state index contributed by atoms with van der Waals surface area (Å²) in [6.07, 6.45) is 0. The first-order chi connectivity index (χ1) is 12.3. The number of rotatable bonds is 5. The molecule has 3 aromatic rings. The Labute approximate surface area is 162 Å². The molecule has 3 aromatic carbocycles. The number of hydrogen-bond donors (Lipinski definition) is 1. The van der Waals surface area contributed by atoms with Crippen molar-refractivity contribution in [3.05, 3.63) is 88.9 Å². The SMILES string of the molecule is O=S(=O)(O)[PH](Oc1ccccc1)(c1ccc(Cl)cc1)c1ccc(Cl)cc1. The van der Waals surface area contributed by atoms with Crippen LogP contribution < -0.4 is 15.1 Å². The second-order valence-electron chi connectivity index (χ2n) is 5.52. The summed E-state index contributed by atoms with van der Waals surface area (Å²) >= 11 is 11.9. The Morgan fingerprint density at radius 2 is 1.15 bits per heavy atom. The summed E-state index contributed by atoms with van der Waals surface area (Å²) in [5.74, 6) is 0.335. The fourth-order valence-corrected chi connectivity index (χ4v) is 9.04. The standard InChI is InChI=1S/C18H15Cl2O4PS/c19-14-6-10-17(11-7-14)25(26(21,22)23,18-12-8-15(20)9-13-18)24-16-4-2-1-3-5-16/h1-13,25H,(H,21,22,23). The summed E-state index contributed by atoms with van der Waals surface area (Å²) in [6.45, 7) is -4.13. The van der Waals surface area contributed by atoms with E-state index in [4.69, 9.17) is 27.7 Å². The molecular weight excluding hydrogens is 414 g/mol. The van der Waals surface area contributed by atoms with E-state index in [9.17, 15) is 13.0 Å². The molecule has 1 N–H and O–H groups in total. The maximum atomic E-state index is 12.7. The Morgan fingerprint density at radius 1 is 0.731 bits per heavy atom. The van der Waals surface area contributed by atoms with Crippen LogP contribution in [0.4, 0.5) is 0 Å². The summed E-state index contributed by atoms with van der Waals surface area (Å²) in [5, 5.41) is 1.58. The van der Waals surface area contributed by atoms with Crippen molar-refractivity contribution in [2.24, 2.45) is 0 Å². The summed E-state index contributed by atoms with van der Waals surface area (Å²) in [5.41, 5.74) is 0. The second-order valence-corrected chi connectivity index (χ2v) is 13.2. The van der Waals surface area contributed by atoms with Crippen LogP contribution in [0.2, 0.25) is 10.0 Å². The Kier molecular flexibility index (Phi) is 5.56. The average molecular weight is 429 g/mol. The van der Waals surface area contributed by atoms with Crippen LogP contribution in [0.25, 0.3) is 0 Å². The minimum absolute atomic E-state index is 0.335. The molecule has 136 valence electrons. The summed E-state index contributed by atoms with van der Waals surface area (Å²) < 4.78 is 41.6. The Balaban J connectivity index is 2.30. The molecule has 4 nitrogen and oxygen atoms in total. The molecule has 0 bridgehead atoms. The number of benzene rings is 3. The fourth-order valence-electron chi connectivity index (χ4n) is 2.63. The van der Waals surface area contributed by atoms with Gasteiger partial charge < -0.3 is 0 Å². The van der Waals surface area contributed by atoms with Gasteiger partial charge in [0.05, 0.1) is 0 Å². The third kappa shape index (κ3) is 3.73. The normalized spacial score (nSPS) is 12.6. The molecule has 0 heterocycles. The molecule has 0 saturated carbocycles. The van der Waals surface area contributed by atoms with Crippen molar-refractivity contribution in [1.29, 1.82) is 0 Å². The third-order valence-corrected chi connectivity index (χ3v) is 11.6. The van der Waals surface area contributed by atoms with Crippen molar-refractivity contribution in [1.82, 2.24) is 0 Å². The van der Waals surface area contributed by atoms with Gasteiger partial charge in [-0.25, -0.2) is 0 Å². The van der Waals surface area contributed by atoms with Gasteiger partial charge in [-0.3, -0.25) is 0 Å². The molecule has 0 saturated heterocycles. The van der Waals surface area contributed by atoms with Crippen molar-refractivity contribution in [3.63, 3.8) is 0 Å². The van der Waals surface area contributed by atoms with Gasteiger partial charge in [0.2, 0.25) is 0 Å². The zero-order chi connectivity index (χ0) is 18.8. The van der Waals surface area contributed by atoms with E-state index in [0.29, 0.717) is 26.4 Å². The van der Waals surface area contributed by atoms with Crippen LogP contribution in [0.5, 0.6) is 5.75 Å². The predicted octanol–water partition coefficient (Wildman–Crippen LogP) is 4.49. The molecule has 0 aliphatic rings. The Bertz CT molecular complexity index is 946. The van der Waals surface area contributed by atoms with Crippen LogP contribution in [0.1, 0.15) is 0 Å².